The molecular weight excluding hydrogens is 412 g/mol. The van der Waals surface area contributed by atoms with Gasteiger partial charge < -0.3 is 9.64 Å². The zero-order chi connectivity index (χ0) is 23.0. The Morgan fingerprint density at radius 2 is 1.90 bits per heavy atom. The van der Waals surface area contributed by atoms with Gasteiger partial charge in [0, 0.05) is 23.0 Å². The number of benzene rings is 1. The molecule has 168 valence electrons. The van der Waals surface area contributed by atoms with Crippen molar-refractivity contribution < 1.29 is 19.1 Å². The average molecular weight is 445 g/mol. The van der Waals surface area contributed by atoms with Gasteiger partial charge in [-0.25, -0.2) is 0 Å². The highest BCUT2D eigenvalue weighted by molar-refractivity contribution is 8.14. The highest BCUT2D eigenvalue weighted by atomic mass is 32.2. The fourth-order valence-corrected chi connectivity index (χ4v) is 5.73. The molecule has 1 heterocycles. The maximum atomic E-state index is 12.8. The Kier molecular flexibility index (Phi) is 6.65. The molecule has 1 aliphatic carbocycles. The van der Waals surface area contributed by atoms with Gasteiger partial charge in [0.05, 0.1) is 13.0 Å². The topological polar surface area (TPSA) is 76.0 Å². The quantitative estimate of drug-likeness (QED) is 0.372. The SMILES string of the molecule is CCN(C1=NC(=O)C2CC(C)(C)CCC2S1)c1ccc(C(=O)C(C)(C)C(=O)OC)cc1. The molecule has 2 atom stereocenters. The number of carbonyl (C=O) groups is 3. The predicted molar refractivity (Wildman–Crippen MR) is 125 cm³/mol. The Bertz CT molecular complexity index is 905. The van der Waals surface area contributed by atoms with Crippen molar-refractivity contribution in [2.45, 2.75) is 59.1 Å². The number of rotatable bonds is 5. The third-order valence-electron chi connectivity index (χ3n) is 6.36. The van der Waals surface area contributed by atoms with Gasteiger partial charge in [0.2, 0.25) is 0 Å². The van der Waals surface area contributed by atoms with E-state index in [1.807, 2.05) is 24.0 Å². The number of amidine groups is 1. The molecule has 1 aromatic carbocycles. The van der Waals surface area contributed by atoms with Crippen LogP contribution in [0.1, 0.15) is 64.2 Å². The summed E-state index contributed by atoms with van der Waals surface area (Å²) >= 11 is 1.70. The second-order valence-corrected chi connectivity index (χ2v) is 10.8. The van der Waals surface area contributed by atoms with E-state index in [-0.39, 0.29) is 28.3 Å². The summed E-state index contributed by atoms with van der Waals surface area (Å²) in [5.74, 6) is -0.872. The number of ketones is 1. The van der Waals surface area contributed by atoms with E-state index in [1.54, 1.807) is 37.7 Å². The minimum absolute atomic E-state index is 0.00300. The van der Waals surface area contributed by atoms with Crippen LogP contribution in [-0.2, 0) is 14.3 Å². The molecule has 3 rings (SSSR count). The zero-order valence-electron chi connectivity index (χ0n) is 19.2. The molecule has 1 saturated carbocycles. The van der Waals surface area contributed by atoms with E-state index in [0.29, 0.717) is 12.1 Å². The van der Waals surface area contributed by atoms with E-state index in [2.05, 4.69) is 18.8 Å². The average Bonchev–Trinajstić information content (AvgIpc) is 2.74. The number of Topliss-reactive ketones (excluding diaryl/α,β-unsaturated/α-hetero) is 1. The molecule has 0 saturated heterocycles. The van der Waals surface area contributed by atoms with Crippen LogP contribution in [0.15, 0.2) is 29.3 Å². The molecule has 6 nitrogen and oxygen atoms in total. The second kappa shape index (κ2) is 8.77. The van der Waals surface area contributed by atoms with Crippen molar-refractivity contribution in [3.8, 4) is 0 Å². The number of esters is 1. The fourth-order valence-electron chi connectivity index (χ4n) is 4.34. The van der Waals surface area contributed by atoms with E-state index in [0.717, 1.165) is 30.1 Å². The number of anilines is 1. The summed E-state index contributed by atoms with van der Waals surface area (Å²) in [6.45, 7) is 10.3. The normalized spacial score (nSPS) is 22.9. The Morgan fingerprint density at radius 1 is 1.26 bits per heavy atom. The van der Waals surface area contributed by atoms with Crippen LogP contribution in [-0.4, -0.2) is 41.7 Å². The van der Waals surface area contributed by atoms with E-state index in [9.17, 15) is 14.4 Å². The lowest BCUT2D eigenvalue weighted by Crippen LogP contribution is -2.43. The van der Waals surface area contributed by atoms with Crippen LogP contribution in [0.3, 0.4) is 0 Å². The van der Waals surface area contributed by atoms with E-state index >= 15 is 0 Å². The number of carbonyl (C=O) groups excluding carboxylic acids is 3. The summed E-state index contributed by atoms with van der Waals surface area (Å²) in [6, 6.07) is 7.11. The predicted octanol–water partition coefficient (Wildman–Crippen LogP) is 4.72. The summed E-state index contributed by atoms with van der Waals surface area (Å²) in [7, 11) is 1.28. The summed E-state index contributed by atoms with van der Waals surface area (Å²) in [6.07, 6.45) is 3.01. The molecular formula is C24H32N2O4S. The van der Waals surface area contributed by atoms with Gasteiger partial charge in [0.15, 0.2) is 11.0 Å². The van der Waals surface area contributed by atoms with Crippen molar-refractivity contribution in [3.63, 3.8) is 0 Å². The van der Waals surface area contributed by atoms with E-state index < -0.39 is 11.4 Å². The molecule has 1 amide bonds. The zero-order valence-corrected chi connectivity index (χ0v) is 20.0. The van der Waals surface area contributed by atoms with Gasteiger partial charge in [0.1, 0.15) is 5.41 Å². The second-order valence-electron chi connectivity index (χ2n) is 9.64. The van der Waals surface area contributed by atoms with Crippen molar-refractivity contribution in [3.05, 3.63) is 29.8 Å². The monoisotopic (exact) mass is 444 g/mol. The first kappa shape index (κ1) is 23.5. The summed E-state index contributed by atoms with van der Waals surface area (Å²) in [4.78, 5) is 44.0. The van der Waals surface area contributed by atoms with Crippen LogP contribution in [0, 0.1) is 16.7 Å². The fraction of sp³-hybridized carbons (Fsp3) is 0.583. The number of hydrogen-bond donors (Lipinski definition) is 0. The number of hydrogen-bond acceptors (Lipinski definition) is 6. The maximum absolute atomic E-state index is 12.8. The first-order valence-electron chi connectivity index (χ1n) is 10.8. The molecule has 7 heteroatoms. The summed E-state index contributed by atoms with van der Waals surface area (Å²) in [5, 5.41) is 0.992. The number of fused-ring (bicyclic) bond motifs is 1. The molecule has 0 aromatic heterocycles. The molecule has 0 radical (unpaired) electrons. The third kappa shape index (κ3) is 4.71. The summed E-state index contributed by atoms with van der Waals surface area (Å²) < 4.78 is 4.76. The largest absolute Gasteiger partial charge is 0.468 e. The first-order chi connectivity index (χ1) is 14.5. The molecule has 31 heavy (non-hydrogen) atoms. The van der Waals surface area contributed by atoms with Gasteiger partial charge in [-0.05, 0) is 69.7 Å². The molecule has 2 unspecified atom stereocenters. The van der Waals surface area contributed by atoms with Crippen molar-refractivity contribution in [1.82, 2.24) is 0 Å². The van der Waals surface area contributed by atoms with Crippen molar-refractivity contribution >= 4 is 40.3 Å². The third-order valence-corrected chi connectivity index (χ3v) is 7.75. The van der Waals surface area contributed by atoms with Crippen LogP contribution in [0.25, 0.3) is 0 Å². The van der Waals surface area contributed by atoms with Gasteiger partial charge in [-0.15, -0.1) is 0 Å². The number of ether oxygens (including phenoxy) is 1. The molecule has 2 aliphatic rings. The number of nitrogens with zero attached hydrogens (tertiary/aromatic N) is 2. The van der Waals surface area contributed by atoms with Crippen LogP contribution in [0.4, 0.5) is 5.69 Å². The molecule has 0 N–H and O–H groups in total. The lowest BCUT2D eigenvalue weighted by molar-refractivity contribution is -0.147. The minimum Gasteiger partial charge on any atom is -0.468 e. The van der Waals surface area contributed by atoms with Crippen LogP contribution >= 0.6 is 11.8 Å². The number of amides is 1. The Labute approximate surface area is 188 Å². The van der Waals surface area contributed by atoms with Crippen LogP contribution in [0.2, 0.25) is 0 Å². The van der Waals surface area contributed by atoms with Gasteiger partial charge in [-0.1, -0.05) is 25.6 Å². The number of aliphatic imine (C=N–C) groups is 1. The minimum atomic E-state index is -1.25. The summed E-state index contributed by atoms with van der Waals surface area (Å²) in [5.41, 5.74) is 0.248. The molecule has 0 spiro atoms. The Morgan fingerprint density at radius 3 is 2.48 bits per heavy atom. The van der Waals surface area contributed by atoms with Gasteiger partial charge in [0.25, 0.3) is 5.91 Å². The van der Waals surface area contributed by atoms with Crippen LogP contribution in [0.5, 0.6) is 0 Å². The van der Waals surface area contributed by atoms with E-state index in [1.165, 1.54) is 7.11 Å². The van der Waals surface area contributed by atoms with E-state index in [4.69, 9.17) is 4.74 Å². The Hall–Kier alpha value is -2.15. The lowest BCUT2D eigenvalue weighted by Gasteiger charge is -2.42. The van der Waals surface area contributed by atoms with Crippen molar-refractivity contribution in [2.75, 3.05) is 18.6 Å². The number of thioether (sulfide) groups is 1. The van der Waals surface area contributed by atoms with Crippen molar-refractivity contribution in [1.29, 1.82) is 0 Å². The first-order valence-corrected chi connectivity index (χ1v) is 11.7. The van der Waals surface area contributed by atoms with Crippen LogP contribution < -0.4 is 4.90 Å². The van der Waals surface area contributed by atoms with Crippen molar-refractivity contribution in [2.24, 2.45) is 21.7 Å². The number of methoxy groups -OCH3 is 1. The van der Waals surface area contributed by atoms with Gasteiger partial charge in [-0.2, -0.15) is 4.99 Å². The van der Waals surface area contributed by atoms with Gasteiger partial charge >= 0.3 is 5.97 Å². The Balaban J connectivity index is 1.81. The highest BCUT2D eigenvalue weighted by Crippen LogP contribution is 2.46. The lowest BCUT2D eigenvalue weighted by atomic mass is 9.71. The molecule has 1 aromatic rings. The molecule has 0 bridgehead atoms. The maximum Gasteiger partial charge on any atom is 0.319 e. The van der Waals surface area contributed by atoms with Gasteiger partial charge in [-0.3, -0.25) is 14.4 Å². The standard InChI is InChI=1S/C24H32N2O4S/c1-7-26(22-25-20(28)17-14-23(2,3)13-12-18(17)31-22)16-10-8-15(9-11-16)19(27)24(4,5)21(29)30-6/h8-11,17-18H,7,12-14H2,1-6H3. The smallest absolute Gasteiger partial charge is 0.319 e. The molecule has 1 aliphatic heterocycles. The molecule has 1 fully saturated rings. The highest BCUT2D eigenvalue weighted by Gasteiger charge is 2.43.